The Bertz CT molecular complexity index is 1010. The van der Waals surface area contributed by atoms with Crippen LogP contribution in [0.25, 0.3) is 0 Å². The van der Waals surface area contributed by atoms with Gasteiger partial charge in [-0.1, -0.05) is 0 Å². The van der Waals surface area contributed by atoms with Gasteiger partial charge in [-0.3, -0.25) is 9.59 Å². The molecule has 0 radical (unpaired) electrons. The van der Waals surface area contributed by atoms with Crippen LogP contribution < -0.4 is 4.90 Å². The Morgan fingerprint density at radius 2 is 1.37 bits per heavy atom. The van der Waals surface area contributed by atoms with E-state index in [0.29, 0.717) is 15.6 Å². The van der Waals surface area contributed by atoms with E-state index < -0.39 is 0 Å². The van der Waals surface area contributed by atoms with Gasteiger partial charge in [0.2, 0.25) is 0 Å². The Morgan fingerprint density at radius 1 is 0.833 bits per heavy atom. The number of pyridine rings is 1. The summed E-state index contributed by atoms with van der Waals surface area (Å²) >= 11 is 3.09. The number of hydrogen-bond acceptors (Lipinski definition) is 5. The van der Waals surface area contributed by atoms with E-state index in [1.54, 1.807) is 28.9 Å². The highest BCUT2D eigenvalue weighted by molar-refractivity contribution is 7.15. The molecule has 6 heteroatoms. The molecule has 0 saturated carbocycles. The molecule has 3 aromatic heterocycles. The quantitative estimate of drug-likeness (QED) is 0.491. The molecule has 0 atom stereocenters. The molecule has 3 heterocycles. The van der Waals surface area contributed by atoms with Crippen molar-refractivity contribution in [3.63, 3.8) is 0 Å². The Kier molecular flexibility index (Phi) is 5.29. The molecular formula is C24H24N2O2S2. The van der Waals surface area contributed by atoms with Crippen LogP contribution in [-0.4, -0.2) is 16.8 Å². The molecule has 2 aliphatic carbocycles. The summed E-state index contributed by atoms with van der Waals surface area (Å²) in [6, 6.07) is 7.69. The zero-order valence-electron chi connectivity index (χ0n) is 17.1. The maximum atomic E-state index is 13.6. The molecule has 0 saturated heterocycles. The molecule has 0 unspecified atom stereocenters. The van der Waals surface area contributed by atoms with Crippen LogP contribution in [0.4, 0.5) is 5.82 Å². The fourth-order valence-electron chi connectivity index (χ4n) is 4.36. The summed E-state index contributed by atoms with van der Waals surface area (Å²) in [4.78, 5) is 36.8. The number of carbonyl (C=O) groups excluding carboxylic acids is 2. The number of aryl methyl sites for hydroxylation is 5. The van der Waals surface area contributed by atoms with E-state index in [4.69, 9.17) is 0 Å². The summed E-state index contributed by atoms with van der Waals surface area (Å²) in [7, 11) is 0. The van der Waals surface area contributed by atoms with Gasteiger partial charge in [-0.05, 0) is 99.2 Å². The molecule has 2 amide bonds. The Morgan fingerprint density at radius 3 is 1.87 bits per heavy atom. The van der Waals surface area contributed by atoms with Crippen LogP contribution in [0.1, 0.15) is 71.5 Å². The number of carbonyl (C=O) groups is 2. The third kappa shape index (κ3) is 3.63. The van der Waals surface area contributed by atoms with Crippen LogP contribution >= 0.6 is 22.7 Å². The van der Waals surface area contributed by atoms with Crippen LogP contribution in [0, 0.1) is 6.92 Å². The van der Waals surface area contributed by atoms with E-state index in [1.807, 2.05) is 31.2 Å². The molecule has 0 aromatic carbocycles. The summed E-state index contributed by atoms with van der Waals surface area (Å²) in [5.41, 5.74) is 3.51. The summed E-state index contributed by atoms with van der Waals surface area (Å²) in [6.07, 6.45) is 10.4. The predicted octanol–water partition coefficient (Wildman–Crippen LogP) is 5.76. The van der Waals surface area contributed by atoms with Gasteiger partial charge < -0.3 is 0 Å². The summed E-state index contributed by atoms with van der Waals surface area (Å²) < 4.78 is 0. The second kappa shape index (κ2) is 8.08. The molecule has 0 bridgehead atoms. The molecular weight excluding hydrogens is 412 g/mol. The SMILES string of the molecule is Cc1ccnc(N(C(=O)c2cc3c(s2)CCCC3)C(=O)c2cc3c(s2)CCCC3)c1. The van der Waals surface area contributed by atoms with Gasteiger partial charge in [-0.2, -0.15) is 0 Å². The smallest absolute Gasteiger partial charge is 0.267 e. The highest BCUT2D eigenvalue weighted by atomic mass is 32.1. The van der Waals surface area contributed by atoms with Gasteiger partial charge in [-0.15, -0.1) is 22.7 Å². The zero-order chi connectivity index (χ0) is 20.7. The summed E-state index contributed by atoms with van der Waals surface area (Å²) in [5, 5.41) is 0. The standard InChI is InChI=1S/C24H24N2O2S2/c1-15-10-11-25-22(12-15)26(23(27)20-13-16-6-2-4-8-18(16)29-20)24(28)21-14-17-7-3-5-9-19(17)30-21/h10-14H,2-9H2,1H3. The van der Waals surface area contributed by atoms with Crippen molar-refractivity contribution in [2.45, 2.75) is 58.3 Å². The van der Waals surface area contributed by atoms with Crippen LogP contribution in [0.15, 0.2) is 30.5 Å². The number of amides is 2. The third-order valence-corrected chi connectivity index (χ3v) is 8.40. The maximum absolute atomic E-state index is 13.6. The number of fused-ring (bicyclic) bond motifs is 2. The monoisotopic (exact) mass is 436 g/mol. The molecule has 0 fully saturated rings. The molecule has 0 N–H and O–H groups in total. The van der Waals surface area contributed by atoms with Gasteiger partial charge in [-0.25, -0.2) is 9.88 Å². The van der Waals surface area contributed by atoms with E-state index in [-0.39, 0.29) is 11.8 Å². The summed E-state index contributed by atoms with van der Waals surface area (Å²) in [5.74, 6) is -0.115. The first-order chi connectivity index (χ1) is 14.6. The first kappa shape index (κ1) is 19.6. The Hall–Kier alpha value is -2.31. The lowest BCUT2D eigenvalue weighted by atomic mass is 9.99. The van der Waals surface area contributed by atoms with E-state index in [0.717, 1.165) is 31.2 Å². The van der Waals surface area contributed by atoms with Crippen LogP contribution in [0.5, 0.6) is 0 Å². The average Bonchev–Trinajstić information content (AvgIpc) is 3.38. The predicted molar refractivity (Wildman–Crippen MR) is 122 cm³/mol. The van der Waals surface area contributed by atoms with Crippen molar-refractivity contribution in [2.75, 3.05) is 4.90 Å². The van der Waals surface area contributed by atoms with Crippen molar-refractivity contribution in [1.29, 1.82) is 0 Å². The normalized spacial score (nSPS) is 15.4. The van der Waals surface area contributed by atoms with Crippen molar-refractivity contribution in [1.82, 2.24) is 4.98 Å². The van der Waals surface area contributed by atoms with Gasteiger partial charge in [0.15, 0.2) is 0 Å². The lowest BCUT2D eigenvalue weighted by Crippen LogP contribution is -2.37. The number of thiophene rings is 2. The minimum Gasteiger partial charge on any atom is -0.267 e. The highest BCUT2D eigenvalue weighted by Crippen LogP contribution is 2.34. The first-order valence-corrected chi connectivity index (χ1v) is 12.3. The maximum Gasteiger partial charge on any atom is 0.276 e. The van der Waals surface area contributed by atoms with Crippen molar-refractivity contribution in [3.05, 3.63) is 66.7 Å². The fraction of sp³-hybridized carbons (Fsp3) is 0.375. The molecule has 4 nitrogen and oxygen atoms in total. The van der Waals surface area contributed by atoms with E-state index in [9.17, 15) is 9.59 Å². The fourth-order valence-corrected chi connectivity index (χ4v) is 6.72. The second-order valence-corrected chi connectivity index (χ2v) is 10.4. The van der Waals surface area contributed by atoms with Gasteiger partial charge >= 0.3 is 0 Å². The number of anilines is 1. The van der Waals surface area contributed by atoms with Crippen LogP contribution in [0.3, 0.4) is 0 Å². The Balaban J connectivity index is 1.55. The van der Waals surface area contributed by atoms with Gasteiger partial charge in [0, 0.05) is 16.0 Å². The average molecular weight is 437 g/mol. The minimum atomic E-state index is -0.260. The van der Waals surface area contributed by atoms with E-state index in [1.165, 1.54) is 51.5 Å². The van der Waals surface area contributed by atoms with E-state index >= 15 is 0 Å². The van der Waals surface area contributed by atoms with Gasteiger partial charge in [0.1, 0.15) is 5.82 Å². The van der Waals surface area contributed by atoms with Crippen molar-refractivity contribution in [2.24, 2.45) is 0 Å². The van der Waals surface area contributed by atoms with Crippen LogP contribution in [-0.2, 0) is 25.7 Å². The van der Waals surface area contributed by atoms with Crippen molar-refractivity contribution in [3.8, 4) is 0 Å². The number of aromatic nitrogens is 1. The highest BCUT2D eigenvalue weighted by Gasteiger charge is 2.31. The topological polar surface area (TPSA) is 50.3 Å². The Labute approximate surface area is 184 Å². The molecule has 0 spiro atoms. The lowest BCUT2D eigenvalue weighted by Gasteiger charge is -2.19. The van der Waals surface area contributed by atoms with Gasteiger partial charge in [0.05, 0.1) is 9.75 Å². The molecule has 154 valence electrons. The molecule has 3 aromatic rings. The lowest BCUT2D eigenvalue weighted by molar-refractivity contribution is 0.0901. The van der Waals surface area contributed by atoms with Gasteiger partial charge in [0.25, 0.3) is 11.8 Å². The minimum absolute atomic E-state index is 0.260. The first-order valence-electron chi connectivity index (χ1n) is 10.6. The van der Waals surface area contributed by atoms with Crippen LogP contribution in [0.2, 0.25) is 0 Å². The molecule has 5 rings (SSSR count). The van der Waals surface area contributed by atoms with Crippen molar-refractivity contribution < 1.29 is 9.59 Å². The number of rotatable bonds is 3. The number of imide groups is 1. The van der Waals surface area contributed by atoms with Crippen molar-refractivity contribution >= 4 is 40.3 Å². The molecule has 30 heavy (non-hydrogen) atoms. The zero-order valence-corrected chi connectivity index (χ0v) is 18.7. The number of hydrogen-bond donors (Lipinski definition) is 0. The third-order valence-electron chi connectivity index (χ3n) is 5.95. The number of nitrogens with zero attached hydrogens (tertiary/aromatic N) is 2. The molecule has 2 aliphatic rings. The second-order valence-electron chi connectivity index (χ2n) is 8.17. The largest absolute Gasteiger partial charge is 0.276 e. The molecule has 0 aliphatic heterocycles. The van der Waals surface area contributed by atoms with E-state index in [2.05, 4.69) is 4.98 Å². The summed E-state index contributed by atoms with van der Waals surface area (Å²) in [6.45, 7) is 1.95.